The molecule has 160 valence electrons. The Morgan fingerprint density at radius 2 is 1.77 bits per heavy atom. The van der Waals surface area contributed by atoms with Gasteiger partial charge in [0.1, 0.15) is 10.6 Å². The van der Waals surface area contributed by atoms with E-state index in [-0.39, 0.29) is 34.2 Å². The Labute approximate surface area is 186 Å². The number of sulfone groups is 1. The van der Waals surface area contributed by atoms with Crippen LogP contribution in [-0.4, -0.2) is 40.0 Å². The van der Waals surface area contributed by atoms with Gasteiger partial charge in [-0.2, -0.15) is 0 Å². The average molecular weight is 535 g/mol. The van der Waals surface area contributed by atoms with Crippen LogP contribution in [0.25, 0.3) is 10.9 Å². The van der Waals surface area contributed by atoms with Crippen LogP contribution < -0.4 is 10.5 Å². The summed E-state index contributed by atoms with van der Waals surface area (Å²) in [6, 6.07) is 10.6. The van der Waals surface area contributed by atoms with Crippen LogP contribution in [0.1, 0.15) is 16.9 Å². The fourth-order valence-corrected chi connectivity index (χ4v) is 6.13. The van der Waals surface area contributed by atoms with Gasteiger partial charge in [0.2, 0.25) is 10.0 Å². The number of H-pyrrole nitrogens is 1. The first-order valence-electron chi connectivity index (χ1n) is 8.60. The summed E-state index contributed by atoms with van der Waals surface area (Å²) in [6.07, 6.45) is 0.0299. The molecule has 1 aromatic heterocycles. The van der Waals surface area contributed by atoms with Gasteiger partial charge in [0.05, 0.1) is 10.6 Å². The smallest absolute Gasteiger partial charge is 0.266 e. The van der Waals surface area contributed by atoms with Crippen molar-refractivity contribution in [2.45, 2.75) is 16.2 Å². The Bertz CT molecular complexity index is 1320. The van der Waals surface area contributed by atoms with Gasteiger partial charge in [-0.15, -0.1) is 0 Å². The first-order chi connectivity index (χ1) is 14.0. The van der Waals surface area contributed by atoms with Crippen molar-refractivity contribution in [2.75, 3.05) is 12.3 Å². The normalized spacial score (nSPS) is 12.3. The summed E-state index contributed by atoms with van der Waals surface area (Å²) in [7, 11) is -7.73. The third-order valence-corrected chi connectivity index (χ3v) is 8.39. The zero-order valence-electron chi connectivity index (χ0n) is 15.4. The molecule has 0 fully saturated rings. The van der Waals surface area contributed by atoms with Gasteiger partial charge in [-0.1, -0.05) is 27.5 Å². The molecular weight excluding hydrogens is 518 g/mol. The summed E-state index contributed by atoms with van der Waals surface area (Å²) in [5.41, 5.74) is 5.52. The van der Waals surface area contributed by atoms with E-state index in [9.17, 15) is 21.6 Å². The third-order valence-electron chi connectivity index (χ3n) is 4.28. The summed E-state index contributed by atoms with van der Waals surface area (Å²) in [5, 5.41) is 0.705. The SMILES string of the molecule is NC(=O)c1[nH]c2ccc(Br)cc2c1S(=O)(=O)NCCCS(=O)(=O)c1ccc(Cl)cc1. The van der Waals surface area contributed by atoms with Crippen molar-refractivity contribution in [3.05, 3.63) is 57.7 Å². The van der Waals surface area contributed by atoms with Crippen LogP contribution in [0.5, 0.6) is 0 Å². The molecule has 0 aliphatic carbocycles. The van der Waals surface area contributed by atoms with E-state index >= 15 is 0 Å². The lowest BCUT2D eigenvalue weighted by atomic mass is 10.2. The van der Waals surface area contributed by atoms with Gasteiger partial charge >= 0.3 is 0 Å². The van der Waals surface area contributed by atoms with E-state index in [4.69, 9.17) is 17.3 Å². The molecule has 0 bridgehead atoms. The van der Waals surface area contributed by atoms with Gasteiger partial charge < -0.3 is 10.7 Å². The summed E-state index contributed by atoms with van der Waals surface area (Å²) in [5.74, 6) is -1.19. The second-order valence-electron chi connectivity index (χ2n) is 6.41. The highest BCUT2D eigenvalue weighted by molar-refractivity contribution is 9.10. The second kappa shape index (κ2) is 8.67. The van der Waals surface area contributed by atoms with Gasteiger partial charge in [0.25, 0.3) is 5.91 Å². The van der Waals surface area contributed by atoms with Crippen LogP contribution in [0.2, 0.25) is 5.02 Å². The molecule has 3 rings (SSSR count). The first-order valence-corrected chi connectivity index (χ1v) is 12.9. The molecule has 0 radical (unpaired) electrons. The van der Waals surface area contributed by atoms with Crippen LogP contribution in [-0.2, 0) is 19.9 Å². The highest BCUT2D eigenvalue weighted by atomic mass is 79.9. The largest absolute Gasteiger partial charge is 0.364 e. The topological polar surface area (TPSA) is 139 Å². The molecule has 0 spiro atoms. The Morgan fingerprint density at radius 1 is 1.10 bits per heavy atom. The molecule has 0 aliphatic rings. The number of primary amides is 1. The van der Waals surface area contributed by atoms with Crippen LogP contribution in [0.15, 0.2) is 56.7 Å². The zero-order valence-corrected chi connectivity index (χ0v) is 19.3. The van der Waals surface area contributed by atoms with Crippen molar-refractivity contribution in [1.82, 2.24) is 9.71 Å². The number of benzene rings is 2. The lowest BCUT2D eigenvalue weighted by Gasteiger charge is -2.08. The molecule has 1 amide bonds. The molecule has 3 aromatic rings. The standard InChI is InChI=1S/C18H17BrClN3O5S2/c19-11-2-7-15-14(10-11)17(16(23-15)18(21)24)30(27,28)22-8-1-9-29(25,26)13-5-3-12(20)4-6-13/h2-7,10,22-23H,1,8-9H2,(H2,21,24). The number of aromatic nitrogens is 1. The van der Waals surface area contributed by atoms with Gasteiger partial charge in [-0.25, -0.2) is 21.6 Å². The number of hydrogen-bond acceptors (Lipinski definition) is 5. The van der Waals surface area contributed by atoms with Gasteiger partial charge in [0.15, 0.2) is 9.84 Å². The highest BCUT2D eigenvalue weighted by Crippen LogP contribution is 2.29. The van der Waals surface area contributed by atoms with E-state index in [2.05, 4.69) is 25.6 Å². The fourth-order valence-electron chi connectivity index (χ4n) is 2.89. The maximum atomic E-state index is 12.9. The van der Waals surface area contributed by atoms with Crippen LogP contribution in [0.3, 0.4) is 0 Å². The van der Waals surface area contributed by atoms with Crippen LogP contribution in [0, 0.1) is 0 Å². The molecule has 1 heterocycles. The predicted molar refractivity (Wildman–Crippen MR) is 118 cm³/mol. The molecule has 0 unspecified atom stereocenters. The minimum atomic E-state index is -4.14. The number of sulfonamides is 1. The summed E-state index contributed by atoms with van der Waals surface area (Å²) >= 11 is 9.04. The molecular formula is C18H17BrClN3O5S2. The first kappa shape index (κ1) is 22.8. The summed E-state index contributed by atoms with van der Waals surface area (Å²) in [6.45, 7) is -0.145. The van der Waals surface area contributed by atoms with Crippen molar-refractivity contribution >= 4 is 64.2 Å². The van der Waals surface area contributed by atoms with E-state index in [1.165, 1.54) is 24.3 Å². The maximum absolute atomic E-state index is 12.9. The van der Waals surface area contributed by atoms with Crippen molar-refractivity contribution in [3.8, 4) is 0 Å². The number of carbonyl (C=O) groups excluding carboxylic acids is 1. The molecule has 4 N–H and O–H groups in total. The minimum Gasteiger partial charge on any atom is -0.364 e. The Balaban J connectivity index is 1.78. The molecule has 30 heavy (non-hydrogen) atoms. The highest BCUT2D eigenvalue weighted by Gasteiger charge is 2.27. The van der Waals surface area contributed by atoms with E-state index in [1.54, 1.807) is 18.2 Å². The second-order valence-corrected chi connectivity index (χ2v) is 11.6. The lowest BCUT2D eigenvalue weighted by molar-refractivity contribution is 0.0993. The van der Waals surface area contributed by atoms with Crippen molar-refractivity contribution in [2.24, 2.45) is 5.73 Å². The summed E-state index contributed by atoms with van der Waals surface area (Å²) < 4.78 is 53.4. The molecule has 0 saturated heterocycles. The van der Waals surface area contributed by atoms with E-state index in [0.29, 0.717) is 20.4 Å². The lowest BCUT2D eigenvalue weighted by Crippen LogP contribution is -2.28. The van der Waals surface area contributed by atoms with Gasteiger partial charge in [-0.3, -0.25) is 4.79 Å². The van der Waals surface area contributed by atoms with Crippen molar-refractivity contribution in [1.29, 1.82) is 0 Å². The minimum absolute atomic E-state index is 0.0299. The number of hydrogen-bond donors (Lipinski definition) is 3. The van der Waals surface area contributed by atoms with Crippen molar-refractivity contribution in [3.63, 3.8) is 0 Å². The molecule has 12 heteroatoms. The Hall–Kier alpha value is -1.92. The Morgan fingerprint density at radius 3 is 2.40 bits per heavy atom. The van der Waals surface area contributed by atoms with E-state index < -0.39 is 25.8 Å². The Kier molecular flexibility index (Phi) is 6.58. The molecule has 0 saturated carbocycles. The number of aromatic amines is 1. The molecule has 8 nitrogen and oxygen atoms in total. The van der Waals surface area contributed by atoms with Gasteiger partial charge in [-0.05, 0) is 48.9 Å². The van der Waals surface area contributed by atoms with Crippen LogP contribution >= 0.6 is 27.5 Å². The predicted octanol–water partition coefficient (Wildman–Crippen LogP) is 2.83. The quantitative estimate of drug-likeness (QED) is 0.381. The van der Waals surface area contributed by atoms with E-state index in [1.807, 2.05) is 0 Å². The number of nitrogens with one attached hydrogen (secondary N) is 2. The van der Waals surface area contributed by atoms with Gasteiger partial charge in [0, 0.05) is 26.9 Å². The summed E-state index contributed by atoms with van der Waals surface area (Å²) in [4.78, 5) is 14.3. The number of halogens is 2. The molecule has 2 aromatic carbocycles. The molecule has 0 atom stereocenters. The maximum Gasteiger partial charge on any atom is 0.266 e. The monoisotopic (exact) mass is 533 g/mol. The number of carbonyl (C=O) groups is 1. The number of amides is 1. The third kappa shape index (κ3) is 4.86. The fraction of sp³-hybridized carbons (Fsp3) is 0.167. The molecule has 0 aliphatic heterocycles. The zero-order chi connectivity index (χ0) is 22.1. The number of fused-ring (bicyclic) bond motifs is 1. The number of rotatable bonds is 8. The van der Waals surface area contributed by atoms with Crippen molar-refractivity contribution < 1.29 is 21.6 Å². The van der Waals surface area contributed by atoms with Crippen LogP contribution in [0.4, 0.5) is 0 Å². The number of nitrogens with two attached hydrogens (primary N) is 1. The average Bonchev–Trinajstić information content (AvgIpc) is 3.05. The van der Waals surface area contributed by atoms with E-state index in [0.717, 1.165) is 0 Å².